The smallest absolute Gasteiger partial charge is 0.191 e. The number of aliphatic hydroxyl groups is 1. The van der Waals surface area contributed by atoms with E-state index < -0.39 is 6.10 Å². The van der Waals surface area contributed by atoms with E-state index in [0.29, 0.717) is 17.3 Å². The van der Waals surface area contributed by atoms with Crippen LogP contribution in [0.4, 0.5) is 0 Å². The summed E-state index contributed by atoms with van der Waals surface area (Å²) >= 11 is 1.49. The second-order valence-electron chi connectivity index (χ2n) is 7.51. The predicted molar refractivity (Wildman–Crippen MR) is 130 cm³/mol. The van der Waals surface area contributed by atoms with E-state index in [0.717, 1.165) is 35.1 Å². The van der Waals surface area contributed by atoms with Crippen LogP contribution in [-0.2, 0) is 6.54 Å². The van der Waals surface area contributed by atoms with Crippen LogP contribution < -0.4 is 9.47 Å². The number of aryl methyl sites for hydroxylation is 1. The van der Waals surface area contributed by atoms with Crippen molar-refractivity contribution in [1.82, 2.24) is 14.8 Å². The fourth-order valence-corrected chi connectivity index (χ4v) is 4.19. The number of ether oxygens (including phenoxy) is 2. The molecule has 0 aliphatic heterocycles. The lowest BCUT2D eigenvalue weighted by Gasteiger charge is -2.15. The van der Waals surface area contributed by atoms with E-state index in [2.05, 4.69) is 46.8 Å². The van der Waals surface area contributed by atoms with E-state index in [1.807, 2.05) is 43.3 Å². The normalized spacial score (nSPS) is 12.3. The number of nitrogens with zero attached hydrogens (tertiary/aromatic N) is 3. The molecule has 1 heterocycles. The number of rotatable bonds is 11. The van der Waals surface area contributed by atoms with Crippen molar-refractivity contribution in [3.63, 3.8) is 0 Å². The lowest BCUT2D eigenvalue weighted by molar-refractivity contribution is 0.124. The zero-order valence-corrected chi connectivity index (χ0v) is 19.9. The number of hydrogen-bond acceptors (Lipinski definition) is 6. The molecule has 2 aromatic carbocycles. The number of thioether (sulfide) groups is 1. The standard InChI is InChI=1S/C25H31N3O3S/c1-5-8-19-11-12-22(23(15-19)30-4)31-16-21(29)17-32-25-27-26-24(28(25)13-6-2)20-10-7-9-18(3)14-20/h5,7-12,14-15,21,29H,6,13,16-17H2,1-4H3/b8-5+. The van der Waals surface area contributed by atoms with Gasteiger partial charge in [0.25, 0.3) is 0 Å². The summed E-state index contributed by atoms with van der Waals surface area (Å²) in [5.74, 6) is 2.57. The van der Waals surface area contributed by atoms with Crippen LogP contribution >= 0.6 is 11.8 Å². The van der Waals surface area contributed by atoms with Gasteiger partial charge in [-0.2, -0.15) is 0 Å². The Morgan fingerprint density at radius 3 is 2.72 bits per heavy atom. The average molecular weight is 454 g/mol. The molecule has 0 bridgehead atoms. The molecule has 0 spiro atoms. The number of methoxy groups -OCH3 is 1. The van der Waals surface area contributed by atoms with Crippen molar-refractivity contribution in [1.29, 1.82) is 0 Å². The lowest BCUT2D eigenvalue weighted by atomic mass is 10.1. The SMILES string of the molecule is C/C=C/c1ccc(OCC(O)CSc2nnc(-c3cccc(C)c3)n2CCC)c(OC)c1. The van der Waals surface area contributed by atoms with E-state index in [1.54, 1.807) is 7.11 Å². The van der Waals surface area contributed by atoms with Gasteiger partial charge >= 0.3 is 0 Å². The number of aromatic nitrogens is 3. The molecule has 170 valence electrons. The Morgan fingerprint density at radius 2 is 2.00 bits per heavy atom. The van der Waals surface area contributed by atoms with Crippen molar-refractivity contribution in [2.75, 3.05) is 19.5 Å². The summed E-state index contributed by atoms with van der Waals surface area (Å²) in [5.41, 5.74) is 3.27. The number of hydrogen-bond donors (Lipinski definition) is 1. The molecule has 0 aliphatic rings. The Labute approximate surface area is 194 Å². The minimum atomic E-state index is -0.658. The van der Waals surface area contributed by atoms with Gasteiger partial charge in [-0.3, -0.25) is 0 Å². The van der Waals surface area contributed by atoms with Gasteiger partial charge in [0.15, 0.2) is 22.5 Å². The highest BCUT2D eigenvalue weighted by Gasteiger charge is 2.16. The van der Waals surface area contributed by atoms with E-state index in [9.17, 15) is 5.11 Å². The predicted octanol–water partition coefficient (Wildman–Crippen LogP) is 5.24. The van der Waals surface area contributed by atoms with Crippen molar-refractivity contribution >= 4 is 17.8 Å². The lowest BCUT2D eigenvalue weighted by Crippen LogP contribution is -2.20. The van der Waals surface area contributed by atoms with Gasteiger partial charge in [0.05, 0.1) is 13.2 Å². The zero-order chi connectivity index (χ0) is 22.9. The molecule has 3 rings (SSSR count). The Hall–Kier alpha value is -2.77. The quantitative estimate of drug-likeness (QED) is 0.401. The maximum Gasteiger partial charge on any atom is 0.191 e. The minimum Gasteiger partial charge on any atom is -0.493 e. The third-order valence-electron chi connectivity index (χ3n) is 4.82. The first-order valence-electron chi connectivity index (χ1n) is 10.8. The molecule has 0 saturated heterocycles. The van der Waals surface area contributed by atoms with Crippen LogP contribution in [0.25, 0.3) is 17.5 Å². The summed E-state index contributed by atoms with van der Waals surface area (Å²) in [7, 11) is 1.61. The van der Waals surface area contributed by atoms with Gasteiger partial charge in [0, 0.05) is 17.9 Å². The maximum atomic E-state index is 10.5. The molecule has 1 atom stereocenters. The summed E-state index contributed by atoms with van der Waals surface area (Å²) in [4.78, 5) is 0. The van der Waals surface area contributed by atoms with Gasteiger partial charge in [0.1, 0.15) is 6.61 Å². The Balaban J connectivity index is 1.63. The third kappa shape index (κ3) is 6.14. The van der Waals surface area contributed by atoms with E-state index in [1.165, 1.54) is 17.3 Å². The van der Waals surface area contributed by atoms with Crippen LogP contribution in [0.2, 0.25) is 0 Å². The first-order chi connectivity index (χ1) is 15.5. The summed E-state index contributed by atoms with van der Waals surface area (Å²) in [6.07, 6.45) is 4.28. The first-order valence-corrected chi connectivity index (χ1v) is 11.8. The Morgan fingerprint density at radius 1 is 1.16 bits per heavy atom. The highest BCUT2D eigenvalue weighted by Crippen LogP contribution is 2.29. The molecular formula is C25H31N3O3S. The van der Waals surface area contributed by atoms with Crippen molar-refractivity contribution in [3.05, 3.63) is 59.7 Å². The summed E-state index contributed by atoms with van der Waals surface area (Å²) in [6, 6.07) is 14.0. The van der Waals surface area contributed by atoms with Crippen LogP contribution in [0, 0.1) is 6.92 Å². The van der Waals surface area contributed by atoms with E-state index >= 15 is 0 Å². The van der Waals surface area contributed by atoms with Crippen LogP contribution in [0.15, 0.2) is 53.7 Å². The largest absolute Gasteiger partial charge is 0.493 e. The third-order valence-corrected chi connectivity index (χ3v) is 5.93. The second kappa shape index (κ2) is 11.7. The summed E-state index contributed by atoms with van der Waals surface area (Å²) in [6.45, 7) is 7.15. The van der Waals surface area contributed by atoms with Crippen LogP contribution in [0.3, 0.4) is 0 Å². The first kappa shape index (κ1) is 23.9. The molecule has 6 nitrogen and oxygen atoms in total. The Kier molecular flexibility index (Phi) is 8.76. The van der Waals surface area contributed by atoms with E-state index in [-0.39, 0.29) is 6.61 Å². The van der Waals surface area contributed by atoms with Crippen LogP contribution in [-0.4, -0.2) is 45.4 Å². The van der Waals surface area contributed by atoms with Crippen LogP contribution in [0.1, 0.15) is 31.4 Å². The molecule has 3 aromatic rings. The Bertz CT molecular complexity index is 1050. The van der Waals surface area contributed by atoms with Gasteiger partial charge in [-0.25, -0.2) is 0 Å². The zero-order valence-electron chi connectivity index (χ0n) is 19.1. The molecule has 0 saturated carbocycles. The van der Waals surface area contributed by atoms with Crippen molar-refractivity contribution < 1.29 is 14.6 Å². The summed E-state index contributed by atoms with van der Waals surface area (Å²) in [5, 5.41) is 20.1. The topological polar surface area (TPSA) is 69.4 Å². The monoisotopic (exact) mass is 453 g/mol. The molecule has 1 aromatic heterocycles. The van der Waals surface area contributed by atoms with Gasteiger partial charge in [0.2, 0.25) is 0 Å². The molecule has 7 heteroatoms. The van der Waals surface area contributed by atoms with Gasteiger partial charge in [-0.15, -0.1) is 10.2 Å². The van der Waals surface area contributed by atoms with Crippen molar-refractivity contribution in [3.8, 4) is 22.9 Å². The number of aliphatic hydroxyl groups excluding tert-OH is 1. The highest BCUT2D eigenvalue weighted by atomic mass is 32.2. The highest BCUT2D eigenvalue weighted by molar-refractivity contribution is 7.99. The molecule has 1 unspecified atom stereocenters. The maximum absolute atomic E-state index is 10.5. The fourth-order valence-electron chi connectivity index (χ4n) is 3.32. The molecule has 0 radical (unpaired) electrons. The minimum absolute atomic E-state index is 0.166. The molecule has 0 fully saturated rings. The molecule has 1 N–H and O–H groups in total. The average Bonchev–Trinajstić information content (AvgIpc) is 3.19. The van der Waals surface area contributed by atoms with E-state index in [4.69, 9.17) is 9.47 Å². The molecule has 32 heavy (non-hydrogen) atoms. The molecule has 0 amide bonds. The summed E-state index contributed by atoms with van der Waals surface area (Å²) < 4.78 is 13.4. The molecule has 0 aliphatic carbocycles. The number of benzene rings is 2. The van der Waals surface area contributed by atoms with Gasteiger partial charge in [-0.05, 0) is 44.0 Å². The second-order valence-corrected chi connectivity index (χ2v) is 8.50. The molecular weight excluding hydrogens is 422 g/mol. The van der Waals surface area contributed by atoms with Gasteiger partial charge < -0.3 is 19.1 Å². The van der Waals surface area contributed by atoms with Crippen molar-refractivity contribution in [2.45, 2.75) is 45.0 Å². The van der Waals surface area contributed by atoms with Gasteiger partial charge in [-0.1, -0.05) is 60.7 Å². The van der Waals surface area contributed by atoms with Crippen LogP contribution in [0.5, 0.6) is 11.5 Å². The number of allylic oxidation sites excluding steroid dienone is 1. The fraction of sp³-hybridized carbons (Fsp3) is 0.360. The van der Waals surface area contributed by atoms with Crippen molar-refractivity contribution in [2.24, 2.45) is 0 Å².